The minimum absolute atomic E-state index is 0.197. The van der Waals surface area contributed by atoms with Crippen LogP contribution in [0.1, 0.15) is 34.4 Å². The normalized spacial score (nSPS) is 11.1. The van der Waals surface area contributed by atoms with Gasteiger partial charge >= 0.3 is 0 Å². The number of hydrogen-bond donors (Lipinski definition) is 1. The van der Waals surface area contributed by atoms with E-state index in [2.05, 4.69) is 5.32 Å². The number of pyridine rings is 1. The summed E-state index contributed by atoms with van der Waals surface area (Å²) in [7, 11) is 1.58. The summed E-state index contributed by atoms with van der Waals surface area (Å²) in [5, 5.41) is 8.47. The van der Waals surface area contributed by atoms with Crippen LogP contribution < -0.4 is 10.1 Å². The zero-order chi connectivity index (χ0) is 23.7. The summed E-state index contributed by atoms with van der Waals surface area (Å²) in [4.78, 5) is 17.4. The summed E-state index contributed by atoms with van der Waals surface area (Å²) < 4.78 is 21.0. The summed E-state index contributed by atoms with van der Waals surface area (Å²) in [5.74, 6) is -0.107. The third-order valence-electron chi connectivity index (χ3n) is 5.88. The molecule has 6 nitrogen and oxygen atoms in total. The van der Waals surface area contributed by atoms with Crippen molar-refractivity contribution in [3.63, 3.8) is 0 Å². The number of aromatic nitrogens is 3. The molecule has 0 radical (unpaired) electrons. The molecule has 0 fully saturated rings. The Balaban J connectivity index is 1.65. The van der Waals surface area contributed by atoms with E-state index in [-0.39, 0.29) is 18.1 Å². The maximum Gasteiger partial charge on any atom is 0.224 e. The van der Waals surface area contributed by atoms with Crippen LogP contribution in [0, 0.1) is 33.5 Å². The molecule has 0 saturated heterocycles. The van der Waals surface area contributed by atoms with Gasteiger partial charge in [-0.15, -0.1) is 0 Å². The Kier molecular flexibility index (Phi) is 6.14. The minimum atomic E-state index is -0.385. The van der Waals surface area contributed by atoms with E-state index in [1.807, 2.05) is 56.6 Å². The number of nitrogens with one attached hydrogen (secondary N) is 1. The average Bonchev–Trinajstić information content (AvgIpc) is 3.12. The molecular weight excluding hydrogens is 419 g/mol. The van der Waals surface area contributed by atoms with Gasteiger partial charge in [0.25, 0.3) is 0 Å². The van der Waals surface area contributed by atoms with Gasteiger partial charge in [-0.25, -0.2) is 9.07 Å². The Labute approximate surface area is 192 Å². The van der Waals surface area contributed by atoms with Crippen molar-refractivity contribution in [1.29, 1.82) is 0 Å². The number of carbonyl (C=O) groups excluding carboxylic acids is 1. The van der Waals surface area contributed by atoms with Gasteiger partial charge in [-0.3, -0.25) is 4.79 Å². The quantitative estimate of drug-likeness (QED) is 0.432. The first-order valence-electron chi connectivity index (χ1n) is 10.8. The third kappa shape index (κ3) is 4.44. The smallest absolute Gasteiger partial charge is 0.224 e. The first-order chi connectivity index (χ1) is 15.8. The predicted molar refractivity (Wildman–Crippen MR) is 128 cm³/mol. The molecule has 170 valence electrons. The van der Waals surface area contributed by atoms with E-state index in [0.29, 0.717) is 23.6 Å². The lowest BCUT2D eigenvalue weighted by Crippen LogP contribution is -2.14. The molecule has 0 saturated carbocycles. The van der Waals surface area contributed by atoms with Crippen molar-refractivity contribution in [1.82, 2.24) is 14.8 Å². The fourth-order valence-corrected chi connectivity index (χ4v) is 4.04. The Hall–Kier alpha value is -3.74. The summed E-state index contributed by atoms with van der Waals surface area (Å²) in [6.07, 6.45) is 0.652. The first-order valence-corrected chi connectivity index (χ1v) is 10.8. The van der Waals surface area contributed by atoms with Crippen molar-refractivity contribution in [2.45, 2.75) is 40.5 Å². The van der Waals surface area contributed by atoms with E-state index in [4.69, 9.17) is 14.8 Å². The van der Waals surface area contributed by atoms with Crippen LogP contribution in [-0.4, -0.2) is 27.8 Å². The Morgan fingerprint density at radius 2 is 1.82 bits per heavy atom. The summed E-state index contributed by atoms with van der Waals surface area (Å²) in [6, 6.07) is 12.4. The molecule has 2 aromatic heterocycles. The SMILES string of the molecule is COc1nc2c(c(C)nn2-c2ccc(C)cc2)c(C)c1CCC(=O)Nc1cc(F)ccc1C. The molecule has 0 aliphatic rings. The average molecular weight is 447 g/mol. The lowest BCUT2D eigenvalue weighted by Gasteiger charge is -2.13. The Bertz CT molecular complexity index is 1340. The molecule has 0 aliphatic carbocycles. The minimum Gasteiger partial charge on any atom is -0.481 e. The highest BCUT2D eigenvalue weighted by molar-refractivity contribution is 5.92. The number of carbonyl (C=O) groups is 1. The number of rotatable bonds is 6. The van der Waals surface area contributed by atoms with E-state index in [1.165, 1.54) is 17.7 Å². The Morgan fingerprint density at radius 1 is 1.09 bits per heavy atom. The first kappa shape index (κ1) is 22.5. The number of amides is 1. The van der Waals surface area contributed by atoms with Crippen molar-refractivity contribution in [3.05, 3.63) is 76.2 Å². The van der Waals surface area contributed by atoms with Crippen LogP contribution in [0.2, 0.25) is 0 Å². The molecule has 4 aromatic rings. The lowest BCUT2D eigenvalue weighted by atomic mass is 10.0. The zero-order valence-electron chi connectivity index (χ0n) is 19.5. The fraction of sp³-hybridized carbons (Fsp3) is 0.269. The van der Waals surface area contributed by atoms with Crippen LogP contribution in [-0.2, 0) is 11.2 Å². The van der Waals surface area contributed by atoms with Crippen LogP contribution in [0.4, 0.5) is 10.1 Å². The summed E-state index contributed by atoms with van der Waals surface area (Å²) in [6.45, 7) is 7.83. The van der Waals surface area contributed by atoms with Crippen molar-refractivity contribution in [2.24, 2.45) is 0 Å². The topological polar surface area (TPSA) is 69.0 Å². The van der Waals surface area contributed by atoms with Gasteiger partial charge in [-0.05, 0) is 69.5 Å². The molecule has 2 aromatic carbocycles. The maximum absolute atomic E-state index is 13.5. The molecule has 0 aliphatic heterocycles. The van der Waals surface area contributed by atoms with Crippen LogP contribution in [0.15, 0.2) is 42.5 Å². The molecule has 0 bridgehead atoms. The van der Waals surface area contributed by atoms with Crippen molar-refractivity contribution in [2.75, 3.05) is 12.4 Å². The van der Waals surface area contributed by atoms with Gasteiger partial charge in [-0.2, -0.15) is 10.1 Å². The molecular formula is C26H27FN4O2. The molecule has 4 rings (SSSR count). The van der Waals surface area contributed by atoms with Gasteiger partial charge in [0.05, 0.1) is 18.5 Å². The molecule has 0 unspecified atom stereocenters. The monoisotopic (exact) mass is 446 g/mol. The van der Waals surface area contributed by atoms with Crippen LogP contribution >= 0.6 is 0 Å². The van der Waals surface area contributed by atoms with E-state index >= 15 is 0 Å². The molecule has 7 heteroatoms. The fourth-order valence-electron chi connectivity index (χ4n) is 4.04. The highest BCUT2D eigenvalue weighted by atomic mass is 19.1. The number of hydrogen-bond acceptors (Lipinski definition) is 4. The van der Waals surface area contributed by atoms with Crippen molar-refractivity contribution in [3.8, 4) is 11.6 Å². The van der Waals surface area contributed by atoms with Crippen molar-refractivity contribution >= 4 is 22.6 Å². The number of halogens is 1. The van der Waals surface area contributed by atoms with Crippen LogP contribution in [0.3, 0.4) is 0 Å². The highest BCUT2D eigenvalue weighted by Gasteiger charge is 2.20. The van der Waals surface area contributed by atoms with Crippen LogP contribution in [0.5, 0.6) is 5.88 Å². The second-order valence-electron chi connectivity index (χ2n) is 8.26. The molecule has 2 heterocycles. The van der Waals surface area contributed by atoms with Gasteiger partial charge in [0.15, 0.2) is 5.65 Å². The van der Waals surface area contributed by atoms with Gasteiger partial charge in [0.2, 0.25) is 11.8 Å². The van der Waals surface area contributed by atoms with Crippen LogP contribution in [0.25, 0.3) is 16.7 Å². The van der Waals surface area contributed by atoms with Gasteiger partial charge in [0, 0.05) is 23.1 Å². The van der Waals surface area contributed by atoms with E-state index in [0.717, 1.165) is 33.5 Å². The number of ether oxygens (including phenoxy) is 1. The number of fused-ring (bicyclic) bond motifs is 1. The second-order valence-corrected chi connectivity index (χ2v) is 8.26. The number of nitrogens with zero attached hydrogens (tertiary/aromatic N) is 3. The molecule has 0 spiro atoms. The molecule has 1 amide bonds. The lowest BCUT2D eigenvalue weighted by molar-refractivity contribution is -0.116. The summed E-state index contributed by atoms with van der Waals surface area (Å²) in [5.41, 5.74) is 6.81. The van der Waals surface area contributed by atoms with E-state index < -0.39 is 0 Å². The standard InChI is InChI=1S/C26H27FN4O2/c1-15-6-10-20(11-7-15)31-25-24(18(4)30-31)17(3)21(26(29-25)33-5)12-13-23(32)28-22-14-19(27)9-8-16(22)2/h6-11,14H,12-13H2,1-5H3,(H,28,32). The number of aryl methyl sites for hydroxylation is 4. The highest BCUT2D eigenvalue weighted by Crippen LogP contribution is 2.32. The van der Waals surface area contributed by atoms with E-state index in [1.54, 1.807) is 13.2 Å². The predicted octanol–water partition coefficient (Wildman–Crippen LogP) is 5.37. The van der Waals surface area contributed by atoms with Crippen molar-refractivity contribution < 1.29 is 13.9 Å². The van der Waals surface area contributed by atoms with Gasteiger partial charge in [0.1, 0.15) is 5.82 Å². The largest absolute Gasteiger partial charge is 0.481 e. The number of anilines is 1. The third-order valence-corrected chi connectivity index (χ3v) is 5.88. The summed E-state index contributed by atoms with van der Waals surface area (Å²) >= 11 is 0. The molecule has 1 N–H and O–H groups in total. The van der Waals surface area contributed by atoms with Gasteiger partial charge < -0.3 is 10.1 Å². The van der Waals surface area contributed by atoms with Gasteiger partial charge in [-0.1, -0.05) is 23.8 Å². The number of benzene rings is 2. The maximum atomic E-state index is 13.5. The number of methoxy groups -OCH3 is 1. The zero-order valence-corrected chi connectivity index (χ0v) is 19.5. The molecule has 33 heavy (non-hydrogen) atoms. The molecule has 0 atom stereocenters. The Morgan fingerprint density at radius 3 is 2.52 bits per heavy atom. The second kappa shape index (κ2) is 9.02. The van der Waals surface area contributed by atoms with E-state index in [9.17, 15) is 9.18 Å².